The van der Waals surface area contributed by atoms with Crippen LogP contribution in [0.25, 0.3) is 5.78 Å². The van der Waals surface area contributed by atoms with Gasteiger partial charge in [0, 0.05) is 28.1 Å². The zero-order chi connectivity index (χ0) is 36.7. The molecule has 24 heteroatoms. The van der Waals surface area contributed by atoms with E-state index in [0.717, 1.165) is 40.1 Å². The minimum Gasteiger partial charge on any atom is -0.504 e. The van der Waals surface area contributed by atoms with Gasteiger partial charge in [0.1, 0.15) is 34.4 Å². The number of carbonyl (C=O) groups excluding carboxylic acids is 2. The van der Waals surface area contributed by atoms with E-state index < -0.39 is 76.3 Å². The van der Waals surface area contributed by atoms with E-state index >= 15 is 0 Å². The molecule has 2 amide bonds. The number of aryl methyl sites for hydroxylation is 1. The second-order valence-corrected chi connectivity index (χ2v) is 13.7. The van der Waals surface area contributed by atoms with E-state index in [4.69, 9.17) is 10.6 Å². The number of phenols is 2. The molecule has 10 N–H and O–H groups in total. The number of oxime groups is 1. The number of anilines is 1. The van der Waals surface area contributed by atoms with Crippen LogP contribution in [0.15, 0.2) is 45.0 Å². The highest BCUT2D eigenvalue weighted by molar-refractivity contribution is 8.01. The zero-order valence-electron chi connectivity index (χ0n) is 26.2. The molecule has 2 aliphatic rings. The predicted octanol–water partition coefficient (Wildman–Crippen LogP) is -0.0939. The average molecular weight is 776 g/mol. The molecule has 52 heavy (non-hydrogen) atoms. The average Bonchev–Trinajstić information content (AvgIpc) is 3.71. The number of β-lactam (4-membered cyclic amide) rings is 1. The maximum atomic E-state index is 13.5. The van der Waals surface area contributed by atoms with Gasteiger partial charge in [0.05, 0.1) is 5.56 Å². The minimum absolute atomic E-state index is 0. The minimum atomic E-state index is -1.43. The van der Waals surface area contributed by atoms with Crippen LogP contribution in [0.4, 0.5) is 5.13 Å². The van der Waals surface area contributed by atoms with Gasteiger partial charge in [-0.05, 0) is 30.7 Å². The molecule has 0 radical (unpaired) electrons. The number of hydrogen-bond acceptors (Lipinski definition) is 17. The van der Waals surface area contributed by atoms with Crippen LogP contribution in [0.1, 0.15) is 37.9 Å². The monoisotopic (exact) mass is 775 g/mol. The van der Waals surface area contributed by atoms with Gasteiger partial charge in [-0.3, -0.25) is 14.5 Å². The van der Waals surface area contributed by atoms with Crippen molar-refractivity contribution in [1.82, 2.24) is 34.8 Å². The van der Waals surface area contributed by atoms with Crippen LogP contribution in [0, 0.1) is 6.92 Å². The molecule has 0 saturated carbocycles. The van der Waals surface area contributed by atoms with Crippen molar-refractivity contribution in [2.24, 2.45) is 5.16 Å². The molecule has 0 aliphatic carbocycles. The molecular formula is C28H25N9O12S3. The number of rotatable bonds is 12. The zero-order valence-corrected chi connectivity index (χ0v) is 28.7. The molecular weight excluding hydrogens is 751 g/mol. The van der Waals surface area contributed by atoms with E-state index in [1.807, 2.05) is 0 Å². The number of carboxylic acids is 3. The molecule has 1 fully saturated rings. The topological polar surface area (TPSA) is 337 Å². The van der Waals surface area contributed by atoms with Crippen LogP contribution in [-0.4, -0.2) is 119 Å². The lowest BCUT2D eigenvalue weighted by Gasteiger charge is -2.49. The quantitative estimate of drug-likeness (QED) is 0.0247. The number of aliphatic carboxylic acids is 1. The first-order chi connectivity index (χ1) is 24.2. The normalized spacial score (nSPS) is 16.9. The predicted molar refractivity (Wildman–Crippen MR) is 181 cm³/mol. The smallest absolute Gasteiger partial charge is 0.375 e. The fourth-order valence-corrected chi connectivity index (χ4v) is 8.10. The number of nitrogens with two attached hydrogens (primary N) is 1. The lowest BCUT2D eigenvalue weighted by Crippen LogP contribution is -2.71. The number of nitrogens with zero attached hydrogens (tertiary/aromatic N) is 7. The molecule has 4 aromatic rings. The Bertz CT molecular complexity index is 2220. The Labute approximate surface area is 302 Å². The summed E-state index contributed by atoms with van der Waals surface area (Å²) in [4.78, 5) is 80.7. The number of aromatic nitrogens is 5. The number of carboxylic acid groups (broad SMARTS) is 3. The van der Waals surface area contributed by atoms with Crippen LogP contribution in [0.2, 0.25) is 0 Å². The second kappa shape index (κ2) is 14.7. The summed E-state index contributed by atoms with van der Waals surface area (Å²) in [5, 5.41) is 59.8. The number of benzene rings is 1. The maximum Gasteiger partial charge on any atom is 0.375 e. The summed E-state index contributed by atoms with van der Waals surface area (Å²) in [6, 6.07) is 2.24. The van der Waals surface area contributed by atoms with Gasteiger partial charge in [-0.25, -0.2) is 24.4 Å². The largest absolute Gasteiger partial charge is 0.504 e. The van der Waals surface area contributed by atoms with E-state index in [1.54, 1.807) is 13.0 Å². The molecule has 2 atom stereocenters. The van der Waals surface area contributed by atoms with E-state index in [2.05, 4.69) is 30.5 Å². The van der Waals surface area contributed by atoms with E-state index in [-0.39, 0.29) is 44.8 Å². The van der Waals surface area contributed by atoms with Crippen molar-refractivity contribution in [3.63, 3.8) is 0 Å². The summed E-state index contributed by atoms with van der Waals surface area (Å²) in [5.74, 6) is -7.22. The highest BCUT2D eigenvalue weighted by atomic mass is 32.2. The summed E-state index contributed by atoms with van der Waals surface area (Å²) < 4.78 is 1.24. The van der Waals surface area contributed by atoms with E-state index in [9.17, 15) is 49.5 Å². The number of fused-ring (bicyclic) bond motifs is 2. The highest BCUT2D eigenvalue weighted by Gasteiger charge is 2.54. The fourth-order valence-electron chi connectivity index (χ4n) is 5.02. The molecule has 5 heterocycles. The van der Waals surface area contributed by atoms with Crippen molar-refractivity contribution < 1.29 is 59.8 Å². The third kappa shape index (κ3) is 7.11. The molecule has 21 nitrogen and oxygen atoms in total. The molecule has 0 unspecified atom stereocenters. The van der Waals surface area contributed by atoms with Gasteiger partial charge >= 0.3 is 17.9 Å². The van der Waals surface area contributed by atoms with Crippen molar-refractivity contribution in [2.75, 3.05) is 17.2 Å². The number of aromatic carboxylic acids is 2. The number of thiazole rings is 1. The van der Waals surface area contributed by atoms with Gasteiger partial charge in [0.15, 0.2) is 22.3 Å². The molecule has 2 aliphatic heterocycles. The molecule has 1 aromatic carbocycles. The molecule has 0 spiro atoms. The Morgan fingerprint density at radius 2 is 1.81 bits per heavy atom. The van der Waals surface area contributed by atoms with E-state index in [1.165, 1.54) is 21.7 Å². The lowest BCUT2D eigenvalue weighted by atomic mass is 10.0. The van der Waals surface area contributed by atoms with E-state index in [0.29, 0.717) is 16.3 Å². The number of thioether (sulfide) groups is 2. The first-order valence-corrected chi connectivity index (χ1v) is 17.2. The maximum absolute atomic E-state index is 13.5. The number of carbonyl (C=O) groups is 5. The molecule has 1 saturated heterocycles. The first kappa shape index (κ1) is 37.3. The Morgan fingerprint density at radius 1 is 1.08 bits per heavy atom. The second-order valence-electron chi connectivity index (χ2n) is 10.7. The van der Waals surface area contributed by atoms with Gasteiger partial charge < -0.3 is 46.9 Å². The third-order valence-corrected chi connectivity index (χ3v) is 10.4. The standard InChI is InChI=1S/C28H23N9O11S3.H2O/c1-9-2-16(37-28(30-9)33-20(34-37)26(46)47)49-6-11-7-50-23-18(22(41)36(23)19(11)25(44)45)32-21(40)17(13-8-51-27(29)31-13)35-48-5-10-3-14(38)15(39)4-12(10)24(42)43;/h2-4,8,18,23,38-39H,5-7H2,1H3,(H2,29,31)(H,32,40)(H,42,43)(H,44,45)(H,46,47);1H2/b35-17-;/t18-,23-;/m1./s1. The van der Waals surface area contributed by atoms with Gasteiger partial charge in [0.2, 0.25) is 0 Å². The SMILES string of the molecule is Cc1cc(SCC2=C(C(=O)O)N3C(=O)[C@@H](NC(=O)/C(=N\OCc4cc(O)c(O)cc4C(=O)O)c4csc(N)n4)[C@H]3SC2)n2nc(C(=O)O)nc2n1.O. The summed E-state index contributed by atoms with van der Waals surface area (Å²) in [6.07, 6.45) is 0. The molecule has 272 valence electrons. The summed E-state index contributed by atoms with van der Waals surface area (Å²) in [7, 11) is 0. The number of nitrogen functional groups attached to an aromatic ring is 1. The fraction of sp³-hybridized carbons (Fsp3) is 0.214. The number of hydrogen-bond donors (Lipinski definition) is 7. The Morgan fingerprint density at radius 3 is 2.46 bits per heavy atom. The number of amides is 2. The molecule has 0 bridgehead atoms. The number of phenolic OH excluding ortho intramolecular Hbond substituents is 2. The van der Waals surface area contributed by atoms with Gasteiger partial charge in [-0.2, -0.15) is 9.50 Å². The Kier molecular flexibility index (Phi) is 10.5. The molecule has 3 aromatic heterocycles. The van der Waals surface area contributed by atoms with Crippen molar-refractivity contribution >= 4 is 81.2 Å². The number of nitrogens with one attached hydrogen (secondary N) is 1. The summed E-state index contributed by atoms with van der Waals surface area (Å²) in [5.41, 5.74) is 5.45. The van der Waals surface area contributed by atoms with Crippen LogP contribution >= 0.6 is 34.9 Å². The van der Waals surface area contributed by atoms with Gasteiger partial charge in [-0.15, -0.1) is 40.0 Å². The van der Waals surface area contributed by atoms with Crippen molar-refractivity contribution in [1.29, 1.82) is 0 Å². The van der Waals surface area contributed by atoms with Crippen LogP contribution in [-0.2, 0) is 25.8 Å². The summed E-state index contributed by atoms with van der Waals surface area (Å²) >= 11 is 3.34. The highest BCUT2D eigenvalue weighted by Crippen LogP contribution is 2.42. The van der Waals surface area contributed by atoms with Crippen molar-refractivity contribution in [2.45, 2.75) is 30.0 Å². The van der Waals surface area contributed by atoms with Crippen LogP contribution < -0.4 is 11.1 Å². The van der Waals surface area contributed by atoms with Gasteiger partial charge in [0.25, 0.3) is 23.4 Å². The van der Waals surface area contributed by atoms with Crippen LogP contribution in [0.3, 0.4) is 0 Å². The summed E-state index contributed by atoms with van der Waals surface area (Å²) in [6.45, 7) is 1.12. The Hall–Kier alpha value is -5.98. The Balaban J connectivity index is 0.00000523. The first-order valence-electron chi connectivity index (χ1n) is 14.2. The third-order valence-electron chi connectivity index (χ3n) is 7.32. The van der Waals surface area contributed by atoms with Crippen molar-refractivity contribution in [3.05, 3.63) is 63.2 Å². The number of aromatic hydroxyl groups is 2. The van der Waals surface area contributed by atoms with Crippen LogP contribution in [0.5, 0.6) is 11.5 Å². The van der Waals surface area contributed by atoms with Crippen molar-refractivity contribution in [3.8, 4) is 11.5 Å². The van der Waals surface area contributed by atoms with Gasteiger partial charge in [-0.1, -0.05) is 5.16 Å². The molecule has 6 rings (SSSR count). The lowest BCUT2D eigenvalue weighted by molar-refractivity contribution is -0.150.